The summed E-state index contributed by atoms with van der Waals surface area (Å²) in [4.78, 5) is 2.56. The minimum atomic E-state index is 0.336. The van der Waals surface area contributed by atoms with Crippen molar-refractivity contribution in [2.45, 2.75) is 51.6 Å². The van der Waals surface area contributed by atoms with Gasteiger partial charge in [0.15, 0.2) is 0 Å². The molecule has 0 unspecified atom stereocenters. The first kappa shape index (κ1) is 10.0. The van der Waals surface area contributed by atoms with Gasteiger partial charge in [0.25, 0.3) is 0 Å². The van der Waals surface area contributed by atoms with Crippen LogP contribution in [0, 0.1) is 0 Å². The summed E-state index contributed by atoms with van der Waals surface area (Å²) in [5, 5.41) is 0. The van der Waals surface area contributed by atoms with E-state index in [0.29, 0.717) is 6.04 Å². The molecule has 0 aromatic carbocycles. The second-order valence-electron chi connectivity index (χ2n) is 4.06. The van der Waals surface area contributed by atoms with Crippen molar-refractivity contribution in [3.05, 3.63) is 0 Å². The van der Waals surface area contributed by atoms with Gasteiger partial charge in [0, 0.05) is 18.6 Å². The number of hydrogen-bond donors (Lipinski definition) is 1. The van der Waals surface area contributed by atoms with Crippen LogP contribution in [0.3, 0.4) is 0 Å². The Morgan fingerprint density at radius 3 is 2.58 bits per heavy atom. The zero-order valence-corrected chi connectivity index (χ0v) is 8.42. The molecule has 2 nitrogen and oxygen atoms in total. The van der Waals surface area contributed by atoms with E-state index < -0.39 is 0 Å². The first-order chi connectivity index (χ1) is 5.74. The average molecular weight is 170 g/mol. The van der Waals surface area contributed by atoms with Crippen LogP contribution in [-0.4, -0.2) is 30.1 Å². The van der Waals surface area contributed by atoms with Crippen LogP contribution in [0.25, 0.3) is 0 Å². The monoisotopic (exact) mass is 170 g/mol. The molecule has 0 saturated heterocycles. The van der Waals surface area contributed by atoms with E-state index in [-0.39, 0.29) is 0 Å². The van der Waals surface area contributed by atoms with Crippen molar-refractivity contribution in [1.82, 2.24) is 4.90 Å². The Morgan fingerprint density at radius 1 is 1.50 bits per heavy atom. The van der Waals surface area contributed by atoms with Gasteiger partial charge >= 0.3 is 0 Å². The fraction of sp³-hybridized carbons (Fsp3) is 1.00. The van der Waals surface area contributed by atoms with Gasteiger partial charge in [0.2, 0.25) is 0 Å². The van der Waals surface area contributed by atoms with Crippen molar-refractivity contribution in [2.75, 3.05) is 13.1 Å². The third kappa shape index (κ3) is 3.55. The molecule has 1 saturated carbocycles. The maximum absolute atomic E-state index is 5.79. The van der Waals surface area contributed by atoms with Gasteiger partial charge < -0.3 is 5.73 Å². The Balaban J connectivity index is 2.18. The molecular weight excluding hydrogens is 148 g/mol. The number of unbranched alkanes of at least 4 members (excludes halogenated alkanes) is 1. The molecule has 1 rings (SSSR count). The molecule has 0 aromatic rings. The van der Waals surface area contributed by atoms with Crippen LogP contribution in [0.1, 0.15) is 39.5 Å². The van der Waals surface area contributed by atoms with Crippen LogP contribution in [0.5, 0.6) is 0 Å². The van der Waals surface area contributed by atoms with E-state index in [4.69, 9.17) is 5.73 Å². The lowest BCUT2D eigenvalue weighted by atomic mass is 10.2. The number of nitrogens with zero attached hydrogens (tertiary/aromatic N) is 1. The van der Waals surface area contributed by atoms with Crippen LogP contribution in [-0.2, 0) is 0 Å². The summed E-state index contributed by atoms with van der Waals surface area (Å²) in [7, 11) is 0. The van der Waals surface area contributed by atoms with Crippen molar-refractivity contribution in [3.63, 3.8) is 0 Å². The highest BCUT2D eigenvalue weighted by Gasteiger charge is 2.28. The SMILES string of the molecule is CCCCN(C[C@@H](C)N)C1CC1. The Morgan fingerprint density at radius 2 is 2.17 bits per heavy atom. The van der Waals surface area contributed by atoms with Gasteiger partial charge in [-0.15, -0.1) is 0 Å². The van der Waals surface area contributed by atoms with Crippen LogP contribution in [0.15, 0.2) is 0 Å². The lowest BCUT2D eigenvalue weighted by Gasteiger charge is -2.23. The molecule has 0 amide bonds. The van der Waals surface area contributed by atoms with E-state index in [1.165, 1.54) is 32.2 Å². The van der Waals surface area contributed by atoms with Gasteiger partial charge in [-0.2, -0.15) is 0 Å². The summed E-state index contributed by atoms with van der Waals surface area (Å²) in [5.74, 6) is 0. The molecule has 1 aliphatic rings. The van der Waals surface area contributed by atoms with E-state index in [0.717, 1.165) is 12.6 Å². The van der Waals surface area contributed by atoms with E-state index in [1.807, 2.05) is 0 Å². The topological polar surface area (TPSA) is 29.3 Å². The van der Waals surface area contributed by atoms with Crippen LogP contribution in [0.2, 0.25) is 0 Å². The molecule has 0 radical (unpaired) electrons. The molecule has 0 aromatic heterocycles. The smallest absolute Gasteiger partial charge is 0.0139 e. The molecule has 1 aliphatic carbocycles. The van der Waals surface area contributed by atoms with Crippen molar-refractivity contribution in [3.8, 4) is 0 Å². The Labute approximate surface area is 76.1 Å². The summed E-state index contributed by atoms with van der Waals surface area (Å²) in [6.45, 7) is 6.69. The third-order valence-corrected chi connectivity index (χ3v) is 2.38. The third-order valence-electron chi connectivity index (χ3n) is 2.38. The fourth-order valence-electron chi connectivity index (χ4n) is 1.59. The lowest BCUT2D eigenvalue weighted by molar-refractivity contribution is 0.247. The van der Waals surface area contributed by atoms with E-state index >= 15 is 0 Å². The molecule has 72 valence electrons. The van der Waals surface area contributed by atoms with Crippen LogP contribution < -0.4 is 5.73 Å². The Bertz CT molecular complexity index is 119. The van der Waals surface area contributed by atoms with Gasteiger partial charge in [-0.3, -0.25) is 4.90 Å². The zero-order chi connectivity index (χ0) is 8.97. The van der Waals surface area contributed by atoms with E-state index in [2.05, 4.69) is 18.7 Å². The normalized spacial score (nSPS) is 20.0. The van der Waals surface area contributed by atoms with Crippen molar-refractivity contribution >= 4 is 0 Å². The minimum Gasteiger partial charge on any atom is -0.327 e. The lowest BCUT2D eigenvalue weighted by Crippen LogP contribution is -2.37. The predicted octanol–water partition coefficient (Wildman–Crippen LogP) is 1.60. The van der Waals surface area contributed by atoms with E-state index in [1.54, 1.807) is 0 Å². The molecule has 1 fully saturated rings. The minimum absolute atomic E-state index is 0.336. The molecule has 1 atom stereocenters. The fourth-order valence-corrected chi connectivity index (χ4v) is 1.59. The Hall–Kier alpha value is -0.0800. The molecule has 2 heteroatoms. The van der Waals surface area contributed by atoms with Crippen molar-refractivity contribution in [1.29, 1.82) is 0 Å². The second kappa shape index (κ2) is 4.83. The number of nitrogens with two attached hydrogens (primary N) is 1. The standard InChI is InChI=1S/C10H22N2/c1-3-4-7-12(8-9(2)11)10-5-6-10/h9-10H,3-8,11H2,1-2H3/t9-/m1/s1. The summed E-state index contributed by atoms with van der Waals surface area (Å²) < 4.78 is 0. The quantitative estimate of drug-likeness (QED) is 0.656. The van der Waals surface area contributed by atoms with Gasteiger partial charge in [0.1, 0.15) is 0 Å². The van der Waals surface area contributed by atoms with Crippen molar-refractivity contribution < 1.29 is 0 Å². The highest BCUT2D eigenvalue weighted by atomic mass is 15.2. The molecule has 0 heterocycles. The molecule has 0 aliphatic heterocycles. The van der Waals surface area contributed by atoms with Crippen LogP contribution in [0.4, 0.5) is 0 Å². The molecule has 0 spiro atoms. The maximum Gasteiger partial charge on any atom is 0.0139 e. The predicted molar refractivity (Wildman–Crippen MR) is 53.2 cm³/mol. The zero-order valence-electron chi connectivity index (χ0n) is 8.42. The second-order valence-corrected chi connectivity index (χ2v) is 4.06. The van der Waals surface area contributed by atoms with E-state index in [9.17, 15) is 0 Å². The molecular formula is C10H22N2. The molecule has 12 heavy (non-hydrogen) atoms. The first-order valence-corrected chi connectivity index (χ1v) is 5.23. The van der Waals surface area contributed by atoms with Crippen molar-refractivity contribution in [2.24, 2.45) is 5.73 Å². The van der Waals surface area contributed by atoms with Gasteiger partial charge in [-0.25, -0.2) is 0 Å². The van der Waals surface area contributed by atoms with Gasteiger partial charge in [-0.05, 0) is 32.7 Å². The summed E-state index contributed by atoms with van der Waals surface area (Å²) in [6.07, 6.45) is 5.41. The molecule has 2 N–H and O–H groups in total. The largest absolute Gasteiger partial charge is 0.327 e. The summed E-state index contributed by atoms with van der Waals surface area (Å²) >= 11 is 0. The number of rotatable bonds is 6. The maximum atomic E-state index is 5.79. The molecule has 0 bridgehead atoms. The van der Waals surface area contributed by atoms with Gasteiger partial charge in [-0.1, -0.05) is 13.3 Å². The highest BCUT2D eigenvalue weighted by Crippen LogP contribution is 2.26. The average Bonchev–Trinajstić information content (AvgIpc) is 2.79. The first-order valence-electron chi connectivity index (χ1n) is 5.23. The van der Waals surface area contributed by atoms with Gasteiger partial charge in [0.05, 0.1) is 0 Å². The Kier molecular flexibility index (Phi) is 4.02. The number of hydrogen-bond acceptors (Lipinski definition) is 2. The summed E-state index contributed by atoms with van der Waals surface area (Å²) in [5.41, 5.74) is 5.79. The highest BCUT2D eigenvalue weighted by molar-refractivity contribution is 4.85. The summed E-state index contributed by atoms with van der Waals surface area (Å²) in [6, 6.07) is 1.21. The van der Waals surface area contributed by atoms with Crippen LogP contribution >= 0.6 is 0 Å².